The van der Waals surface area contributed by atoms with E-state index in [1.54, 1.807) is 18.4 Å². The molecule has 3 rings (SSSR count). The predicted molar refractivity (Wildman–Crippen MR) is 84.0 cm³/mol. The molecule has 3 heterocycles. The normalized spacial score (nSPS) is 23.5. The van der Waals surface area contributed by atoms with Crippen LogP contribution in [0.1, 0.15) is 24.6 Å². The molecule has 0 aliphatic carbocycles. The molecule has 1 aliphatic heterocycles. The van der Waals surface area contributed by atoms with Crippen LogP contribution in [-0.4, -0.2) is 35.8 Å². The summed E-state index contributed by atoms with van der Waals surface area (Å²) in [5.41, 5.74) is -0.118. The van der Waals surface area contributed by atoms with Gasteiger partial charge >= 0.3 is 0 Å². The first-order valence-electron chi connectivity index (χ1n) is 6.74. The van der Waals surface area contributed by atoms with Gasteiger partial charge in [-0.25, -0.2) is 4.98 Å². The molecule has 1 unspecified atom stereocenters. The number of methoxy groups -OCH3 is 1. The van der Waals surface area contributed by atoms with Gasteiger partial charge in [0.05, 0.1) is 11.0 Å². The predicted octanol–water partition coefficient (Wildman–Crippen LogP) is 3.66. The molecule has 4 nitrogen and oxygen atoms in total. The third-order valence-corrected chi connectivity index (χ3v) is 5.03. The van der Waals surface area contributed by atoms with Gasteiger partial charge in [0.25, 0.3) is 0 Å². The summed E-state index contributed by atoms with van der Waals surface area (Å²) in [5, 5.41) is 1.41. The van der Waals surface area contributed by atoms with Crippen LogP contribution in [0.3, 0.4) is 0 Å². The zero-order valence-corrected chi connectivity index (χ0v) is 13.5. The Labute approximate surface area is 127 Å². The van der Waals surface area contributed by atoms with E-state index in [1.165, 1.54) is 4.88 Å². The number of piperidine rings is 1. The van der Waals surface area contributed by atoms with Gasteiger partial charge < -0.3 is 9.64 Å². The minimum absolute atomic E-state index is 0.118. The number of rotatable bonds is 2. The first-order valence-corrected chi connectivity index (χ1v) is 7.94. The van der Waals surface area contributed by atoms with Crippen LogP contribution in [0.25, 0.3) is 10.2 Å². The van der Waals surface area contributed by atoms with Crippen molar-refractivity contribution < 1.29 is 4.74 Å². The Morgan fingerprint density at radius 1 is 1.45 bits per heavy atom. The number of aromatic nitrogens is 2. The quantitative estimate of drug-likeness (QED) is 0.793. The highest BCUT2D eigenvalue weighted by molar-refractivity contribution is 7.18. The third kappa shape index (κ3) is 2.50. The molecule has 2 aromatic heterocycles. The summed E-state index contributed by atoms with van der Waals surface area (Å²) in [5.74, 6) is 0.937. The molecular weight excluding hydrogens is 294 g/mol. The van der Waals surface area contributed by atoms with Gasteiger partial charge in [0.1, 0.15) is 10.6 Å². The first kappa shape index (κ1) is 14.0. The molecule has 0 radical (unpaired) electrons. The number of fused-ring (bicyclic) bond motifs is 1. The number of thiophene rings is 1. The molecule has 0 spiro atoms. The molecule has 6 heteroatoms. The Morgan fingerprint density at radius 2 is 2.25 bits per heavy atom. The van der Waals surface area contributed by atoms with Crippen LogP contribution in [0.5, 0.6) is 0 Å². The summed E-state index contributed by atoms with van der Waals surface area (Å²) >= 11 is 7.74. The van der Waals surface area contributed by atoms with E-state index in [-0.39, 0.29) is 5.60 Å². The highest BCUT2D eigenvalue weighted by Crippen LogP contribution is 2.35. The molecule has 1 aliphatic rings. The fourth-order valence-corrected chi connectivity index (χ4v) is 3.88. The van der Waals surface area contributed by atoms with E-state index < -0.39 is 0 Å². The fraction of sp³-hybridized carbons (Fsp3) is 0.571. The molecule has 0 bridgehead atoms. The zero-order chi connectivity index (χ0) is 14.3. The summed E-state index contributed by atoms with van der Waals surface area (Å²) < 4.78 is 5.66. The van der Waals surface area contributed by atoms with Crippen molar-refractivity contribution in [2.75, 3.05) is 25.1 Å². The van der Waals surface area contributed by atoms with Crippen molar-refractivity contribution in [2.45, 2.75) is 32.3 Å². The molecule has 0 saturated carbocycles. The average molecular weight is 312 g/mol. The molecule has 0 amide bonds. The van der Waals surface area contributed by atoms with Gasteiger partial charge in [0.15, 0.2) is 0 Å². The van der Waals surface area contributed by atoms with Gasteiger partial charge in [0.2, 0.25) is 5.28 Å². The van der Waals surface area contributed by atoms with Crippen LogP contribution >= 0.6 is 22.9 Å². The lowest BCUT2D eigenvalue weighted by Gasteiger charge is -2.40. The van der Waals surface area contributed by atoms with Gasteiger partial charge in [-0.05, 0) is 44.4 Å². The van der Waals surface area contributed by atoms with Crippen molar-refractivity contribution in [3.8, 4) is 0 Å². The van der Waals surface area contributed by atoms with Gasteiger partial charge in [-0.1, -0.05) is 0 Å². The molecule has 108 valence electrons. The van der Waals surface area contributed by atoms with Gasteiger partial charge in [0, 0.05) is 25.1 Å². The van der Waals surface area contributed by atoms with Crippen LogP contribution in [0, 0.1) is 6.92 Å². The monoisotopic (exact) mass is 311 g/mol. The maximum absolute atomic E-state index is 6.08. The Hall–Kier alpha value is -0.910. The first-order chi connectivity index (χ1) is 9.50. The second-order valence-electron chi connectivity index (χ2n) is 5.57. The van der Waals surface area contributed by atoms with Crippen LogP contribution in [0.15, 0.2) is 6.07 Å². The van der Waals surface area contributed by atoms with E-state index >= 15 is 0 Å². The second-order valence-corrected chi connectivity index (χ2v) is 7.14. The van der Waals surface area contributed by atoms with Gasteiger partial charge in [-0.3, -0.25) is 0 Å². The van der Waals surface area contributed by atoms with Crippen LogP contribution in [0.2, 0.25) is 5.28 Å². The summed E-state index contributed by atoms with van der Waals surface area (Å²) in [6.07, 6.45) is 2.17. The van der Waals surface area contributed by atoms with Crippen molar-refractivity contribution >= 4 is 39.0 Å². The van der Waals surface area contributed by atoms with E-state index in [1.807, 2.05) is 0 Å². The Morgan fingerprint density at radius 3 is 3.00 bits per heavy atom. The number of halogens is 1. The number of anilines is 1. The average Bonchev–Trinajstić information content (AvgIpc) is 2.78. The SMILES string of the molecule is COC1(C)CCCN(c2nc(Cl)nc3sc(C)cc23)C1. The maximum atomic E-state index is 6.08. The van der Waals surface area contributed by atoms with Gasteiger partial charge in [-0.2, -0.15) is 4.98 Å². The number of nitrogens with zero attached hydrogens (tertiary/aromatic N) is 3. The van der Waals surface area contributed by atoms with E-state index in [4.69, 9.17) is 16.3 Å². The molecule has 2 aromatic rings. The van der Waals surface area contributed by atoms with Crippen molar-refractivity contribution in [1.29, 1.82) is 0 Å². The summed E-state index contributed by atoms with van der Waals surface area (Å²) in [6, 6.07) is 2.14. The fourth-order valence-electron chi connectivity index (χ4n) is 2.80. The number of hydrogen-bond donors (Lipinski definition) is 0. The van der Waals surface area contributed by atoms with Crippen LogP contribution < -0.4 is 4.90 Å². The Bertz CT molecular complexity index is 645. The molecule has 1 fully saturated rings. The van der Waals surface area contributed by atoms with Crippen LogP contribution in [0.4, 0.5) is 5.82 Å². The number of hydrogen-bond acceptors (Lipinski definition) is 5. The van der Waals surface area contributed by atoms with E-state index in [0.29, 0.717) is 5.28 Å². The van der Waals surface area contributed by atoms with Crippen molar-refractivity contribution in [1.82, 2.24) is 9.97 Å². The topological polar surface area (TPSA) is 38.2 Å². The summed E-state index contributed by atoms with van der Waals surface area (Å²) in [4.78, 5) is 13.3. The van der Waals surface area contributed by atoms with Gasteiger partial charge in [-0.15, -0.1) is 11.3 Å². The highest BCUT2D eigenvalue weighted by Gasteiger charge is 2.32. The standard InChI is InChI=1S/C14H18ClN3OS/c1-9-7-10-11(16-13(15)17-12(10)20-9)18-6-4-5-14(2,8-18)19-3/h7H,4-6,8H2,1-3H3. The zero-order valence-electron chi connectivity index (χ0n) is 11.9. The minimum atomic E-state index is -0.118. The highest BCUT2D eigenvalue weighted by atomic mass is 35.5. The minimum Gasteiger partial charge on any atom is -0.377 e. The lowest BCUT2D eigenvalue weighted by molar-refractivity contribution is -0.00475. The van der Waals surface area contributed by atoms with Crippen molar-refractivity contribution in [2.24, 2.45) is 0 Å². The Kier molecular flexibility index (Phi) is 3.60. The lowest BCUT2D eigenvalue weighted by Crippen LogP contribution is -2.47. The number of ether oxygens (including phenoxy) is 1. The van der Waals surface area contributed by atoms with E-state index in [9.17, 15) is 0 Å². The lowest BCUT2D eigenvalue weighted by atomic mass is 9.94. The largest absolute Gasteiger partial charge is 0.377 e. The molecule has 0 N–H and O–H groups in total. The molecule has 0 aromatic carbocycles. The third-order valence-electron chi connectivity index (χ3n) is 3.92. The van der Waals surface area contributed by atoms with Crippen molar-refractivity contribution in [3.05, 3.63) is 16.2 Å². The second kappa shape index (κ2) is 5.13. The van der Waals surface area contributed by atoms with E-state index in [2.05, 4.69) is 34.8 Å². The Balaban J connectivity index is 2.05. The molecular formula is C14H18ClN3OS. The smallest absolute Gasteiger partial charge is 0.225 e. The summed E-state index contributed by atoms with van der Waals surface area (Å²) in [7, 11) is 1.78. The van der Waals surface area contributed by atoms with E-state index in [0.717, 1.165) is 42.0 Å². The molecule has 1 atom stereocenters. The van der Waals surface area contributed by atoms with Crippen molar-refractivity contribution in [3.63, 3.8) is 0 Å². The summed E-state index contributed by atoms with van der Waals surface area (Å²) in [6.45, 7) is 6.05. The molecule has 20 heavy (non-hydrogen) atoms. The maximum Gasteiger partial charge on any atom is 0.225 e. The van der Waals surface area contributed by atoms with Crippen LogP contribution in [-0.2, 0) is 4.74 Å². The number of aryl methyl sites for hydroxylation is 1. The molecule has 1 saturated heterocycles.